The second kappa shape index (κ2) is 11.6. The number of rotatable bonds is 7. The first-order valence-corrected chi connectivity index (χ1v) is 12.0. The fourth-order valence-corrected chi connectivity index (χ4v) is 3.82. The molecule has 0 amide bonds. The average molecular weight is 542 g/mol. The molecule has 8 heteroatoms. The van der Waals surface area contributed by atoms with Crippen LogP contribution in [-0.2, 0) is 12.5 Å². The van der Waals surface area contributed by atoms with Crippen molar-refractivity contribution in [2.45, 2.75) is 32.3 Å². The summed E-state index contributed by atoms with van der Waals surface area (Å²) in [6.07, 6.45) is -0.794. The molecule has 0 heterocycles. The van der Waals surface area contributed by atoms with Crippen molar-refractivity contribution in [3.8, 4) is 28.7 Å². The number of benzene rings is 4. The molecular weight excluding hydrogens is 521 g/mol. The molecule has 0 aliphatic carbocycles. The van der Waals surface area contributed by atoms with Gasteiger partial charge in [-0.1, -0.05) is 37.3 Å². The second-order valence-electron chi connectivity index (χ2n) is 8.76. The maximum atomic E-state index is 14.7. The Balaban J connectivity index is 1.49. The zero-order chi connectivity index (χ0) is 28.2. The standard InChI is InChI=1S/C31H21F7O/c1-2-3-4-19-5-7-20(8-6-19)9-10-21-11-13-23(14-12-21)31(37,38)39-24-17-25(32)29(26(33)18-24)22-15-27(34)30(36)28(35)16-22/h5-8,11-18H,2-4H2,1H3. The molecule has 4 aromatic carbocycles. The van der Waals surface area contributed by atoms with Gasteiger partial charge >= 0.3 is 6.11 Å². The third-order valence-corrected chi connectivity index (χ3v) is 5.88. The Labute approximate surface area is 220 Å². The minimum Gasteiger partial charge on any atom is -0.429 e. The summed E-state index contributed by atoms with van der Waals surface area (Å²) < 4.78 is 103. The highest BCUT2D eigenvalue weighted by molar-refractivity contribution is 5.66. The van der Waals surface area contributed by atoms with Gasteiger partial charge in [-0.3, -0.25) is 0 Å². The van der Waals surface area contributed by atoms with Crippen molar-refractivity contribution in [3.05, 3.63) is 124 Å². The molecule has 4 rings (SSSR count). The largest absolute Gasteiger partial charge is 0.429 e. The van der Waals surface area contributed by atoms with Crippen molar-refractivity contribution in [1.82, 2.24) is 0 Å². The van der Waals surface area contributed by atoms with Crippen LogP contribution >= 0.6 is 0 Å². The molecule has 200 valence electrons. The molecule has 0 saturated heterocycles. The molecule has 0 bridgehead atoms. The Morgan fingerprint density at radius 1 is 0.692 bits per heavy atom. The Bertz CT molecular complexity index is 1490. The van der Waals surface area contributed by atoms with Crippen molar-refractivity contribution in [1.29, 1.82) is 0 Å². The molecule has 0 fully saturated rings. The lowest BCUT2D eigenvalue weighted by Gasteiger charge is -2.19. The van der Waals surface area contributed by atoms with Crippen LogP contribution in [0.25, 0.3) is 11.1 Å². The van der Waals surface area contributed by atoms with E-state index in [0.29, 0.717) is 29.8 Å². The smallest absolute Gasteiger partial charge is 0.426 e. The van der Waals surface area contributed by atoms with Gasteiger partial charge in [-0.15, -0.1) is 0 Å². The van der Waals surface area contributed by atoms with E-state index >= 15 is 0 Å². The zero-order valence-electron chi connectivity index (χ0n) is 20.6. The van der Waals surface area contributed by atoms with Crippen LogP contribution in [0.3, 0.4) is 0 Å². The van der Waals surface area contributed by atoms with Crippen molar-refractivity contribution >= 4 is 0 Å². The van der Waals surface area contributed by atoms with Gasteiger partial charge in [-0.2, -0.15) is 8.78 Å². The number of aryl methyl sites for hydroxylation is 1. The fraction of sp³-hybridized carbons (Fsp3) is 0.161. The van der Waals surface area contributed by atoms with Crippen LogP contribution in [0.4, 0.5) is 30.7 Å². The summed E-state index contributed by atoms with van der Waals surface area (Å²) in [5.41, 5.74) is 0.268. The van der Waals surface area contributed by atoms with Crippen LogP contribution in [0, 0.1) is 40.9 Å². The summed E-state index contributed by atoms with van der Waals surface area (Å²) in [6, 6.07) is 14.3. The highest BCUT2D eigenvalue weighted by Crippen LogP contribution is 2.36. The van der Waals surface area contributed by atoms with E-state index in [9.17, 15) is 30.7 Å². The molecule has 0 saturated carbocycles. The quantitative estimate of drug-likeness (QED) is 0.129. The van der Waals surface area contributed by atoms with Gasteiger partial charge in [-0.05, 0) is 72.5 Å². The molecule has 4 aromatic rings. The lowest BCUT2D eigenvalue weighted by Crippen LogP contribution is -2.22. The molecule has 0 unspecified atom stereocenters. The molecular formula is C31H21F7O. The molecule has 0 N–H and O–H groups in total. The Morgan fingerprint density at radius 2 is 1.21 bits per heavy atom. The second-order valence-corrected chi connectivity index (χ2v) is 8.76. The zero-order valence-corrected chi connectivity index (χ0v) is 20.6. The van der Waals surface area contributed by atoms with E-state index in [1.54, 1.807) is 0 Å². The highest BCUT2D eigenvalue weighted by atomic mass is 19.3. The third-order valence-electron chi connectivity index (χ3n) is 5.88. The molecule has 1 nitrogen and oxygen atoms in total. The van der Waals surface area contributed by atoms with Crippen LogP contribution in [0.5, 0.6) is 5.75 Å². The van der Waals surface area contributed by atoms with Crippen LogP contribution in [0.1, 0.15) is 42.0 Å². The van der Waals surface area contributed by atoms with Gasteiger partial charge in [0.05, 0.1) is 11.1 Å². The number of hydrogen-bond acceptors (Lipinski definition) is 1. The average Bonchev–Trinajstić information content (AvgIpc) is 2.89. The van der Waals surface area contributed by atoms with E-state index in [1.165, 1.54) is 17.7 Å². The minimum atomic E-state index is -3.98. The summed E-state index contributed by atoms with van der Waals surface area (Å²) in [4.78, 5) is 0. The van der Waals surface area contributed by atoms with E-state index in [2.05, 4.69) is 23.5 Å². The monoisotopic (exact) mass is 542 g/mol. The number of halogens is 7. The van der Waals surface area contributed by atoms with E-state index in [4.69, 9.17) is 0 Å². The van der Waals surface area contributed by atoms with Gasteiger partial charge < -0.3 is 4.74 Å². The maximum absolute atomic E-state index is 14.7. The lowest BCUT2D eigenvalue weighted by molar-refractivity contribution is -0.185. The van der Waals surface area contributed by atoms with Crippen LogP contribution in [0.2, 0.25) is 0 Å². The predicted octanol–water partition coefficient (Wildman–Crippen LogP) is 8.92. The molecule has 0 aliphatic rings. The first-order chi connectivity index (χ1) is 18.6. The topological polar surface area (TPSA) is 9.23 Å². The summed E-state index contributed by atoms with van der Waals surface area (Å²) in [7, 11) is 0. The third kappa shape index (κ3) is 6.61. The van der Waals surface area contributed by atoms with E-state index < -0.39 is 57.6 Å². The van der Waals surface area contributed by atoms with Gasteiger partial charge in [-0.25, -0.2) is 22.0 Å². The van der Waals surface area contributed by atoms with Crippen molar-refractivity contribution in [3.63, 3.8) is 0 Å². The SMILES string of the molecule is CCCCc1ccc(C#Cc2ccc(C(F)(F)Oc3cc(F)c(-c4cc(F)c(F)c(F)c4)c(F)c3)cc2)cc1. The van der Waals surface area contributed by atoms with Gasteiger partial charge in [0.1, 0.15) is 17.4 Å². The number of hydrogen-bond donors (Lipinski definition) is 0. The maximum Gasteiger partial charge on any atom is 0.426 e. The van der Waals surface area contributed by atoms with Gasteiger partial charge in [0, 0.05) is 23.3 Å². The molecule has 0 spiro atoms. The van der Waals surface area contributed by atoms with Crippen molar-refractivity contribution in [2.75, 3.05) is 0 Å². The first-order valence-electron chi connectivity index (χ1n) is 12.0. The number of unbranched alkanes of at least 4 members (excludes halogenated alkanes) is 1. The fourth-order valence-electron chi connectivity index (χ4n) is 3.82. The van der Waals surface area contributed by atoms with E-state index in [-0.39, 0.29) is 0 Å². The number of alkyl halides is 2. The Morgan fingerprint density at radius 3 is 1.72 bits per heavy atom. The van der Waals surface area contributed by atoms with Crippen LogP contribution in [0.15, 0.2) is 72.8 Å². The van der Waals surface area contributed by atoms with Gasteiger partial charge in [0.15, 0.2) is 17.5 Å². The van der Waals surface area contributed by atoms with Gasteiger partial charge in [0.25, 0.3) is 0 Å². The highest BCUT2D eigenvalue weighted by Gasteiger charge is 2.35. The minimum absolute atomic E-state index is 0.391. The molecule has 0 atom stereocenters. The molecule has 0 aromatic heterocycles. The van der Waals surface area contributed by atoms with E-state index in [1.807, 2.05) is 24.3 Å². The van der Waals surface area contributed by atoms with Crippen LogP contribution < -0.4 is 4.74 Å². The molecule has 0 aliphatic heterocycles. The van der Waals surface area contributed by atoms with Crippen LogP contribution in [-0.4, -0.2) is 0 Å². The Kier molecular flexibility index (Phi) is 8.29. The number of ether oxygens (including phenoxy) is 1. The summed E-state index contributed by atoms with van der Waals surface area (Å²) >= 11 is 0. The normalized spacial score (nSPS) is 11.2. The van der Waals surface area contributed by atoms with Crippen molar-refractivity contribution in [2.24, 2.45) is 0 Å². The lowest BCUT2D eigenvalue weighted by atomic mass is 10.0. The predicted molar refractivity (Wildman–Crippen MR) is 134 cm³/mol. The van der Waals surface area contributed by atoms with Gasteiger partial charge in [0.2, 0.25) is 0 Å². The Hall–Kier alpha value is -4.25. The summed E-state index contributed by atoms with van der Waals surface area (Å²) in [6.45, 7) is 2.12. The van der Waals surface area contributed by atoms with E-state index in [0.717, 1.165) is 37.0 Å². The van der Waals surface area contributed by atoms with Crippen molar-refractivity contribution < 1.29 is 35.5 Å². The summed E-state index contributed by atoms with van der Waals surface area (Å²) in [5.74, 6) is -3.02. The summed E-state index contributed by atoms with van der Waals surface area (Å²) in [5, 5.41) is 0. The molecule has 39 heavy (non-hydrogen) atoms. The first kappa shape index (κ1) is 27.8. The molecule has 0 radical (unpaired) electrons.